The van der Waals surface area contributed by atoms with Gasteiger partial charge in [0.15, 0.2) is 0 Å². The Balaban J connectivity index is 1.36. The minimum absolute atomic E-state index is 0.0360. The lowest BCUT2D eigenvalue weighted by atomic mass is 10.0. The number of ether oxygens (including phenoxy) is 2. The van der Waals surface area contributed by atoms with Gasteiger partial charge in [0.25, 0.3) is 0 Å². The van der Waals surface area contributed by atoms with Gasteiger partial charge < -0.3 is 30.5 Å². The van der Waals surface area contributed by atoms with E-state index in [0.717, 1.165) is 12.8 Å². The number of urea groups is 1. The van der Waals surface area contributed by atoms with Crippen LogP contribution in [0.15, 0.2) is 48.5 Å². The molecule has 0 aromatic heterocycles. The first-order valence-corrected chi connectivity index (χ1v) is 16.0. The van der Waals surface area contributed by atoms with Crippen molar-refractivity contribution >= 4 is 11.9 Å². The number of benzene rings is 2. The second-order valence-corrected chi connectivity index (χ2v) is 10.8. The number of phenolic OH excluding ortho intramolecular Hbond substituents is 1. The van der Waals surface area contributed by atoms with Gasteiger partial charge in [-0.15, -0.1) is 0 Å². The number of carbonyl (C=O) groups excluding carboxylic acids is 2. The van der Waals surface area contributed by atoms with Crippen LogP contribution < -0.4 is 25.4 Å². The lowest BCUT2D eigenvalue weighted by Crippen LogP contribution is -2.43. The molecular formula is C34H53N3O5. The van der Waals surface area contributed by atoms with Crippen LogP contribution in [0.25, 0.3) is 0 Å². The molecule has 0 unspecified atom stereocenters. The summed E-state index contributed by atoms with van der Waals surface area (Å²) >= 11 is 0. The lowest BCUT2D eigenvalue weighted by Gasteiger charge is -2.11. The van der Waals surface area contributed by atoms with Crippen molar-refractivity contribution in [2.24, 2.45) is 0 Å². The third kappa shape index (κ3) is 18.1. The minimum Gasteiger partial charge on any atom is -0.508 e. The van der Waals surface area contributed by atoms with E-state index in [0.29, 0.717) is 36.8 Å². The van der Waals surface area contributed by atoms with Crippen molar-refractivity contribution < 1.29 is 24.2 Å². The summed E-state index contributed by atoms with van der Waals surface area (Å²) in [7, 11) is 0. The zero-order valence-corrected chi connectivity index (χ0v) is 25.6. The van der Waals surface area contributed by atoms with E-state index < -0.39 is 0 Å². The van der Waals surface area contributed by atoms with Gasteiger partial charge in [-0.05, 0) is 55.0 Å². The third-order valence-electron chi connectivity index (χ3n) is 7.09. The molecule has 4 N–H and O–H groups in total. The van der Waals surface area contributed by atoms with Crippen molar-refractivity contribution in [1.82, 2.24) is 16.0 Å². The summed E-state index contributed by atoms with van der Waals surface area (Å²) in [6.45, 7) is 3.00. The van der Waals surface area contributed by atoms with Crippen LogP contribution in [-0.4, -0.2) is 36.9 Å². The van der Waals surface area contributed by atoms with Gasteiger partial charge in [-0.1, -0.05) is 96.8 Å². The quantitative estimate of drug-likeness (QED) is 0.0736. The van der Waals surface area contributed by atoms with Gasteiger partial charge in [0.1, 0.15) is 29.6 Å². The van der Waals surface area contributed by atoms with Crippen molar-refractivity contribution in [3.8, 4) is 23.0 Å². The molecule has 2 rings (SSSR count). The zero-order chi connectivity index (χ0) is 30.1. The number of carbonyl (C=O) groups is 2. The molecule has 0 saturated heterocycles. The van der Waals surface area contributed by atoms with E-state index in [9.17, 15) is 14.7 Å². The Labute approximate surface area is 253 Å². The summed E-state index contributed by atoms with van der Waals surface area (Å²) in [4.78, 5) is 23.9. The Kier molecular flexibility index (Phi) is 19.2. The SMILES string of the molecule is CCCCCCCCCCCCCCCCCC(=O)NCNC(=O)NCCOc1ccc(Oc2ccc(O)cc2)cc1. The summed E-state index contributed by atoms with van der Waals surface area (Å²) < 4.78 is 11.3. The Bertz CT molecular complexity index is 966. The Morgan fingerprint density at radius 2 is 1.10 bits per heavy atom. The van der Waals surface area contributed by atoms with Crippen LogP contribution >= 0.6 is 0 Å². The number of nitrogens with one attached hydrogen (secondary N) is 3. The highest BCUT2D eigenvalue weighted by Gasteiger charge is 2.04. The Hall–Kier alpha value is -3.42. The standard InChI is InChI=1S/C34H53N3O5/c1-2-3-4-5-6-7-8-9-10-11-12-13-14-15-16-17-33(39)36-28-37-34(40)35-26-27-41-30-22-24-32(25-23-30)42-31-20-18-29(38)19-21-31/h18-25,38H,2-17,26-28H2,1H3,(H,36,39)(H2,35,37,40). The summed E-state index contributed by atoms with van der Waals surface area (Å²) in [5.41, 5.74) is 0. The van der Waals surface area contributed by atoms with Gasteiger partial charge in [0.2, 0.25) is 5.91 Å². The first-order chi connectivity index (χ1) is 20.6. The summed E-state index contributed by atoms with van der Waals surface area (Å²) in [5, 5.41) is 17.4. The highest BCUT2D eigenvalue weighted by atomic mass is 16.5. The van der Waals surface area contributed by atoms with E-state index in [1.165, 1.54) is 83.5 Å². The number of rotatable bonds is 24. The fourth-order valence-electron chi connectivity index (χ4n) is 4.62. The molecule has 0 fully saturated rings. The molecule has 0 heterocycles. The summed E-state index contributed by atoms with van der Waals surface area (Å²) in [5.74, 6) is 2.07. The normalized spacial score (nSPS) is 10.7. The highest BCUT2D eigenvalue weighted by molar-refractivity contribution is 5.77. The first kappa shape index (κ1) is 34.8. The summed E-state index contributed by atoms with van der Waals surface area (Å²) in [6, 6.07) is 13.3. The van der Waals surface area contributed by atoms with Crippen molar-refractivity contribution in [1.29, 1.82) is 0 Å². The molecule has 0 aliphatic carbocycles. The monoisotopic (exact) mass is 583 g/mol. The molecule has 42 heavy (non-hydrogen) atoms. The number of amides is 3. The van der Waals surface area contributed by atoms with Crippen LogP contribution in [0, 0.1) is 0 Å². The number of hydrogen-bond acceptors (Lipinski definition) is 5. The maximum atomic E-state index is 12.0. The van der Waals surface area contributed by atoms with E-state index in [1.807, 2.05) is 0 Å². The predicted octanol–water partition coefficient (Wildman–Crippen LogP) is 8.20. The highest BCUT2D eigenvalue weighted by Crippen LogP contribution is 2.25. The molecule has 3 amide bonds. The van der Waals surface area contributed by atoms with E-state index >= 15 is 0 Å². The van der Waals surface area contributed by atoms with Crippen LogP contribution in [-0.2, 0) is 4.79 Å². The third-order valence-corrected chi connectivity index (χ3v) is 7.09. The molecule has 2 aromatic rings. The molecule has 2 aromatic carbocycles. The largest absolute Gasteiger partial charge is 0.508 e. The molecule has 0 aliphatic rings. The van der Waals surface area contributed by atoms with Crippen LogP contribution in [0.3, 0.4) is 0 Å². The van der Waals surface area contributed by atoms with Crippen LogP contribution in [0.4, 0.5) is 4.79 Å². The maximum Gasteiger partial charge on any atom is 0.316 e. The predicted molar refractivity (Wildman–Crippen MR) is 169 cm³/mol. The average molecular weight is 584 g/mol. The van der Waals surface area contributed by atoms with Crippen molar-refractivity contribution in [2.45, 2.75) is 110 Å². The average Bonchev–Trinajstić information content (AvgIpc) is 2.99. The van der Waals surface area contributed by atoms with Gasteiger partial charge >= 0.3 is 6.03 Å². The molecule has 8 nitrogen and oxygen atoms in total. The molecule has 8 heteroatoms. The molecule has 0 atom stereocenters. The maximum absolute atomic E-state index is 12.0. The van der Waals surface area contributed by atoms with Gasteiger partial charge in [-0.25, -0.2) is 4.79 Å². The van der Waals surface area contributed by atoms with Gasteiger partial charge in [-0.3, -0.25) is 4.79 Å². The minimum atomic E-state index is -0.358. The van der Waals surface area contributed by atoms with Gasteiger partial charge in [0.05, 0.1) is 13.2 Å². The van der Waals surface area contributed by atoms with Crippen LogP contribution in [0.2, 0.25) is 0 Å². The van der Waals surface area contributed by atoms with Crippen LogP contribution in [0.1, 0.15) is 110 Å². The Morgan fingerprint density at radius 1 is 0.619 bits per heavy atom. The van der Waals surface area contributed by atoms with Crippen molar-refractivity contribution in [3.63, 3.8) is 0 Å². The number of aromatic hydroxyl groups is 1. The zero-order valence-electron chi connectivity index (χ0n) is 25.6. The second-order valence-electron chi connectivity index (χ2n) is 10.8. The number of hydrogen-bond donors (Lipinski definition) is 4. The van der Waals surface area contributed by atoms with Crippen LogP contribution in [0.5, 0.6) is 23.0 Å². The van der Waals surface area contributed by atoms with E-state index in [1.54, 1.807) is 48.5 Å². The van der Waals surface area contributed by atoms with E-state index in [4.69, 9.17) is 9.47 Å². The Morgan fingerprint density at radius 3 is 1.64 bits per heavy atom. The van der Waals surface area contributed by atoms with Gasteiger partial charge in [0, 0.05) is 6.42 Å². The molecule has 0 spiro atoms. The molecule has 0 radical (unpaired) electrons. The lowest BCUT2D eigenvalue weighted by molar-refractivity contribution is -0.121. The molecule has 0 saturated carbocycles. The molecular weight excluding hydrogens is 530 g/mol. The second kappa shape index (κ2) is 23.2. The molecule has 234 valence electrons. The first-order valence-electron chi connectivity index (χ1n) is 16.0. The fourth-order valence-corrected chi connectivity index (χ4v) is 4.62. The van der Waals surface area contributed by atoms with Crippen molar-refractivity contribution in [3.05, 3.63) is 48.5 Å². The van der Waals surface area contributed by atoms with E-state index in [-0.39, 0.29) is 24.4 Å². The summed E-state index contributed by atoms with van der Waals surface area (Å²) in [6.07, 6.45) is 20.0. The fraction of sp³-hybridized carbons (Fsp3) is 0.588. The van der Waals surface area contributed by atoms with Crippen molar-refractivity contribution in [2.75, 3.05) is 19.8 Å². The topological polar surface area (TPSA) is 109 Å². The smallest absolute Gasteiger partial charge is 0.316 e. The number of phenols is 1. The van der Waals surface area contributed by atoms with E-state index in [2.05, 4.69) is 22.9 Å². The molecule has 0 aliphatic heterocycles. The number of unbranched alkanes of at least 4 members (excludes halogenated alkanes) is 14. The van der Waals surface area contributed by atoms with Gasteiger partial charge in [-0.2, -0.15) is 0 Å². The molecule has 0 bridgehead atoms.